The van der Waals surface area contributed by atoms with Gasteiger partial charge in [0, 0.05) is 12.2 Å². The summed E-state index contributed by atoms with van der Waals surface area (Å²) in [4.78, 5) is 27.1. The summed E-state index contributed by atoms with van der Waals surface area (Å²) in [7, 11) is 0. The number of carboxylic acid groups (broad SMARTS) is 1. The van der Waals surface area contributed by atoms with Gasteiger partial charge in [-0.25, -0.2) is 0 Å². The van der Waals surface area contributed by atoms with Crippen molar-refractivity contribution < 1.29 is 14.7 Å². The number of nitrogens with zero attached hydrogens (tertiary/aromatic N) is 1. The van der Waals surface area contributed by atoms with Gasteiger partial charge in [0.1, 0.15) is 0 Å². The number of carboxylic acids is 1. The fraction of sp³-hybridized carbons (Fsp3) is 0.579. The third-order valence-electron chi connectivity index (χ3n) is 6.96. The molecule has 1 N–H and O–H groups in total. The number of carbonyl (C=O) groups is 2. The van der Waals surface area contributed by atoms with Gasteiger partial charge in [-0.15, -0.1) is 0 Å². The molecular weight excluding hydrogens is 290 g/mol. The summed E-state index contributed by atoms with van der Waals surface area (Å²) in [6.45, 7) is 8.30. The van der Waals surface area contributed by atoms with E-state index >= 15 is 0 Å². The molecule has 4 nitrogen and oxygen atoms in total. The minimum absolute atomic E-state index is 0.0671. The van der Waals surface area contributed by atoms with E-state index in [2.05, 4.69) is 6.07 Å². The molecule has 23 heavy (non-hydrogen) atoms. The van der Waals surface area contributed by atoms with E-state index < -0.39 is 22.2 Å². The number of aliphatic carboxylic acids is 1. The number of carbonyl (C=O) groups excluding carboxylic acids is 1. The highest BCUT2D eigenvalue weighted by Gasteiger charge is 2.65. The maximum Gasteiger partial charge on any atom is 0.309 e. The molecular formula is C19H25NO3. The Morgan fingerprint density at radius 2 is 1.65 bits per heavy atom. The third kappa shape index (κ3) is 1.90. The molecule has 1 aromatic carbocycles. The average molecular weight is 315 g/mol. The first-order chi connectivity index (χ1) is 10.6. The van der Waals surface area contributed by atoms with Crippen LogP contribution >= 0.6 is 0 Å². The predicted octanol–water partition coefficient (Wildman–Crippen LogP) is 3.49. The molecule has 0 saturated heterocycles. The molecule has 2 aliphatic rings. The summed E-state index contributed by atoms with van der Waals surface area (Å²) < 4.78 is 0. The topological polar surface area (TPSA) is 57.6 Å². The summed E-state index contributed by atoms with van der Waals surface area (Å²) in [6, 6.07) is 8.00. The van der Waals surface area contributed by atoms with E-state index in [1.54, 1.807) is 6.92 Å². The molecule has 1 saturated carbocycles. The zero-order chi connectivity index (χ0) is 17.0. The molecule has 4 heteroatoms. The SMILES string of the molecule is CC1(C(=O)O)CCC(C)(C(=O)N2CCc3ccccc32)C1(C)C. The predicted molar refractivity (Wildman–Crippen MR) is 89.4 cm³/mol. The number of fused-ring (bicyclic) bond motifs is 1. The van der Waals surface area contributed by atoms with Gasteiger partial charge in [-0.2, -0.15) is 0 Å². The first-order valence-electron chi connectivity index (χ1n) is 8.28. The number of anilines is 1. The average Bonchev–Trinajstić information content (AvgIpc) is 3.01. The van der Waals surface area contributed by atoms with E-state index in [-0.39, 0.29) is 5.91 Å². The zero-order valence-corrected chi connectivity index (χ0v) is 14.3. The highest BCUT2D eigenvalue weighted by Crippen LogP contribution is 2.63. The van der Waals surface area contributed by atoms with Gasteiger partial charge in [0.15, 0.2) is 0 Å². The van der Waals surface area contributed by atoms with Crippen molar-refractivity contribution in [3.05, 3.63) is 29.8 Å². The molecule has 1 aliphatic carbocycles. The Hall–Kier alpha value is -1.84. The summed E-state index contributed by atoms with van der Waals surface area (Å²) in [5, 5.41) is 9.72. The summed E-state index contributed by atoms with van der Waals surface area (Å²) in [6.07, 6.45) is 2.02. The smallest absolute Gasteiger partial charge is 0.309 e. The Bertz CT molecular complexity index is 681. The van der Waals surface area contributed by atoms with Crippen molar-refractivity contribution in [1.82, 2.24) is 0 Å². The van der Waals surface area contributed by atoms with Crippen molar-refractivity contribution in [2.75, 3.05) is 11.4 Å². The van der Waals surface area contributed by atoms with Crippen LogP contribution in [0, 0.1) is 16.2 Å². The van der Waals surface area contributed by atoms with Crippen molar-refractivity contribution in [3.8, 4) is 0 Å². The van der Waals surface area contributed by atoms with Crippen LogP contribution in [0.4, 0.5) is 5.69 Å². The number of amides is 1. The van der Waals surface area contributed by atoms with Gasteiger partial charge < -0.3 is 10.0 Å². The molecule has 2 unspecified atom stereocenters. The molecule has 0 aromatic heterocycles. The molecule has 124 valence electrons. The number of hydrogen-bond donors (Lipinski definition) is 1. The second kappa shape index (κ2) is 4.83. The highest BCUT2D eigenvalue weighted by atomic mass is 16.4. The lowest BCUT2D eigenvalue weighted by Gasteiger charge is -2.45. The summed E-state index contributed by atoms with van der Waals surface area (Å²) in [5.41, 5.74) is 0.0222. The van der Waals surface area contributed by atoms with Gasteiger partial charge in [-0.3, -0.25) is 9.59 Å². The fourth-order valence-electron chi connectivity index (χ4n) is 4.33. The summed E-state index contributed by atoms with van der Waals surface area (Å²) >= 11 is 0. The lowest BCUT2D eigenvalue weighted by Crippen LogP contribution is -2.52. The Labute approximate surface area is 137 Å². The zero-order valence-electron chi connectivity index (χ0n) is 14.3. The van der Waals surface area contributed by atoms with Crippen LogP contribution in [-0.4, -0.2) is 23.5 Å². The number of hydrogen-bond acceptors (Lipinski definition) is 2. The van der Waals surface area contributed by atoms with Crippen molar-refractivity contribution in [3.63, 3.8) is 0 Å². The van der Waals surface area contributed by atoms with Crippen molar-refractivity contribution in [2.24, 2.45) is 16.2 Å². The normalized spacial score (nSPS) is 31.9. The van der Waals surface area contributed by atoms with Crippen LogP contribution in [0.15, 0.2) is 24.3 Å². The van der Waals surface area contributed by atoms with E-state index in [9.17, 15) is 14.7 Å². The second-order valence-electron chi connectivity index (χ2n) is 7.93. The fourth-order valence-corrected chi connectivity index (χ4v) is 4.33. The van der Waals surface area contributed by atoms with E-state index in [1.165, 1.54) is 5.56 Å². The maximum atomic E-state index is 13.4. The summed E-state index contributed by atoms with van der Waals surface area (Å²) in [5.74, 6) is -0.738. The molecule has 0 spiro atoms. The molecule has 1 aromatic rings. The third-order valence-corrected chi connectivity index (χ3v) is 6.96. The standard InChI is InChI=1S/C19H25NO3/c1-17(2)18(3,10-11-19(17,4)16(22)23)15(21)20-12-9-13-7-5-6-8-14(13)20/h5-8H,9-12H2,1-4H3,(H,22,23). The Balaban J connectivity index is 1.99. The van der Waals surface area contributed by atoms with Crippen LogP contribution in [-0.2, 0) is 16.0 Å². The lowest BCUT2D eigenvalue weighted by molar-refractivity contribution is -0.158. The highest BCUT2D eigenvalue weighted by molar-refractivity contribution is 6.00. The van der Waals surface area contributed by atoms with Crippen molar-refractivity contribution in [1.29, 1.82) is 0 Å². The van der Waals surface area contributed by atoms with Crippen LogP contribution in [0.3, 0.4) is 0 Å². The van der Waals surface area contributed by atoms with Gasteiger partial charge in [-0.05, 0) is 43.2 Å². The van der Waals surface area contributed by atoms with Crippen LogP contribution in [0.1, 0.15) is 46.1 Å². The molecule has 1 heterocycles. The van der Waals surface area contributed by atoms with Crippen molar-refractivity contribution >= 4 is 17.6 Å². The Morgan fingerprint density at radius 3 is 2.26 bits per heavy atom. The minimum atomic E-state index is -0.878. The van der Waals surface area contributed by atoms with E-state index in [0.717, 1.165) is 12.1 Å². The Morgan fingerprint density at radius 1 is 1.04 bits per heavy atom. The van der Waals surface area contributed by atoms with Gasteiger partial charge in [0.05, 0.1) is 10.8 Å². The minimum Gasteiger partial charge on any atom is -0.481 e. The van der Waals surface area contributed by atoms with E-state index in [4.69, 9.17) is 0 Å². The van der Waals surface area contributed by atoms with Crippen LogP contribution in [0.25, 0.3) is 0 Å². The van der Waals surface area contributed by atoms with Gasteiger partial charge in [0.2, 0.25) is 5.91 Å². The molecule has 0 bridgehead atoms. The molecule has 1 fully saturated rings. The monoisotopic (exact) mass is 315 g/mol. The van der Waals surface area contributed by atoms with Crippen LogP contribution < -0.4 is 4.90 Å². The molecule has 1 amide bonds. The first-order valence-corrected chi connectivity index (χ1v) is 8.28. The number of benzene rings is 1. The quantitative estimate of drug-likeness (QED) is 0.909. The largest absolute Gasteiger partial charge is 0.481 e. The Kier molecular flexibility index (Phi) is 3.36. The number of rotatable bonds is 2. The van der Waals surface area contributed by atoms with E-state index in [0.29, 0.717) is 19.4 Å². The molecule has 2 atom stereocenters. The molecule has 0 radical (unpaired) electrons. The van der Waals surface area contributed by atoms with E-state index in [1.807, 2.05) is 43.9 Å². The van der Waals surface area contributed by atoms with Crippen LogP contribution in [0.5, 0.6) is 0 Å². The van der Waals surface area contributed by atoms with Gasteiger partial charge >= 0.3 is 5.97 Å². The van der Waals surface area contributed by atoms with Gasteiger partial charge in [0.25, 0.3) is 0 Å². The molecule has 1 aliphatic heterocycles. The number of para-hydroxylation sites is 1. The first kappa shape index (κ1) is 16.0. The van der Waals surface area contributed by atoms with Crippen molar-refractivity contribution in [2.45, 2.75) is 47.0 Å². The second-order valence-corrected chi connectivity index (χ2v) is 7.93. The van der Waals surface area contributed by atoms with Crippen LogP contribution in [0.2, 0.25) is 0 Å². The molecule has 3 rings (SSSR count). The lowest BCUT2D eigenvalue weighted by atomic mass is 9.59. The maximum absolute atomic E-state index is 13.4. The van der Waals surface area contributed by atoms with Gasteiger partial charge in [-0.1, -0.05) is 39.0 Å².